The Bertz CT molecular complexity index is 394. The van der Waals surface area contributed by atoms with Gasteiger partial charge in [-0.05, 0) is 39.0 Å². The minimum Gasteiger partial charge on any atom is -0.460 e. The molecule has 0 saturated carbocycles. The van der Waals surface area contributed by atoms with Gasteiger partial charge in [0.05, 0.1) is 6.42 Å². The molecule has 0 unspecified atom stereocenters. The lowest BCUT2D eigenvalue weighted by Crippen LogP contribution is -2.25. The van der Waals surface area contributed by atoms with Crippen LogP contribution in [0.3, 0.4) is 0 Å². The number of hydrogen-bond acceptors (Lipinski definition) is 4. The number of hydrogen-bond donors (Lipinski definition) is 0. The molecule has 0 aromatic heterocycles. The lowest BCUT2D eigenvalue weighted by molar-refractivity contribution is -0.154. The Hall–Kier alpha value is -1.71. The second kappa shape index (κ2) is 4.43. The van der Waals surface area contributed by atoms with Crippen molar-refractivity contribution in [1.82, 2.24) is 0 Å². The molecule has 0 N–H and O–H groups in total. The van der Waals surface area contributed by atoms with E-state index in [2.05, 4.69) is 0 Å². The van der Waals surface area contributed by atoms with Gasteiger partial charge in [-0.15, -0.1) is 0 Å². The summed E-state index contributed by atoms with van der Waals surface area (Å²) >= 11 is 0. The predicted octanol–water partition coefficient (Wildman–Crippen LogP) is 1.35. The fourth-order valence-corrected chi connectivity index (χ4v) is 1.23. The summed E-state index contributed by atoms with van der Waals surface area (Å²) in [5, 5.41) is 0. The van der Waals surface area contributed by atoms with E-state index in [1.54, 1.807) is 20.8 Å². The third-order valence-electron chi connectivity index (χ3n) is 1.79. The van der Waals surface area contributed by atoms with Crippen molar-refractivity contribution in [1.29, 1.82) is 0 Å². The molecule has 0 amide bonds. The van der Waals surface area contributed by atoms with Crippen molar-refractivity contribution in [3.63, 3.8) is 0 Å². The third-order valence-corrected chi connectivity index (χ3v) is 1.79. The van der Waals surface area contributed by atoms with Gasteiger partial charge in [0.1, 0.15) is 5.60 Å². The van der Waals surface area contributed by atoms with E-state index in [9.17, 15) is 14.4 Å². The molecule has 0 radical (unpaired) electrons. The Morgan fingerprint density at radius 1 is 1.25 bits per heavy atom. The van der Waals surface area contributed by atoms with Gasteiger partial charge in [0, 0.05) is 5.57 Å². The van der Waals surface area contributed by atoms with Gasteiger partial charge in [0.25, 0.3) is 0 Å². The van der Waals surface area contributed by atoms with Gasteiger partial charge in [-0.25, -0.2) is 0 Å². The van der Waals surface area contributed by atoms with E-state index in [0.29, 0.717) is 0 Å². The monoisotopic (exact) mass is 222 g/mol. The highest BCUT2D eigenvalue weighted by Gasteiger charge is 2.21. The van der Waals surface area contributed by atoms with Crippen LogP contribution in [0.25, 0.3) is 0 Å². The Balaban J connectivity index is 2.65. The summed E-state index contributed by atoms with van der Waals surface area (Å²) in [5.41, 5.74) is -0.406. The lowest BCUT2D eigenvalue weighted by Gasteiger charge is -2.19. The molecule has 0 saturated heterocycles. The highest BCUT2D eigenvalue weighted by molar-refractivity contribution is 6.18. The Kier molecular flexibility index (Phi) is 3.42. The average Bonchev–Trinajstić information content (AvgIpc) is 2.08. The van der Waals surface area contributed by atoms with Crippen molar-refractivity contribution in [2.45, 2.75) is 32.8 Å². The quantitative estimate of drug-likeness (QED) is 0.522. The van der Waals surface area contributed by atoms with Gasteiger partial charge >= 0.3 is 5.97 Å². The molecular formula is C12H14O4. The molecule has 0 heterocycles. The van der Waals surface area contributed by atoms with Crippen molar-refractivity contribution < 1.29 is 19.1 Å². The van der Waals surface area contributed by atoms with Crippen LogP contribution in [-0.4, -0.2) is 23.1 Å². The zero-order valence-corrected chi connectivity index (χ0v) is 9.57. The smallest absolute Gasteiger partial charge is 0.310 e. The van der Waals surface area contributed by atoms with E-state index in [1.165, 1.54) is 18.2 Å². The zero-order chi connectivity index (χ0) is 12.3. The van der Waals surface area contributed by atoms with E-state index in [-0.39, 0.29) is 23.6 Å². The minimum atomic E-state index is -0.588. The number of rotatable bonds is 2. The Morgan fingerprint density at radius 2 is 1.88 bits per heavy atom. The molecular weight excluding hydrogens is 208 g/mol. The molecule has 4 heteroatoms. The molecule has 1 aliphatic rings. The molecule has 0 spiro atoms. The van der Waals surface area contributed by atoms with Crippen molar-refractivity contribution in [2.75, 3.05) is 0 Å². The molecule has 0 aromatic rings. The van der Waals surface area contributed by atoms with E-state index < -0.39 is 11.6 Å². The lowest BCUT2D eigenvalue weighted by atomic mass is 10.0. The molecule has 1 aliphatic carbocycles. The normalized spacial score (nSPS) is 16.1. The van der Waals surface area contributed by atoms with E-state index in [0.717, 1.165) is 0 Å². The van der Waals surface area contributed by atoms with E-state index >= 15 is 0 Å². The molecule has 0 bridgehead atoms. The number of esters is 1. The average molecular weight is 222 g/mol. The Morgan fingerprint density at radius 3 is 2.44 bits per heavy atom. The second-order valence-electron chi connectivity index (χ2n) is 4.53. The second-order valence-corrected chi connectivity index (χ2v) is 4.53. The van der Waals surface area contributed by atoms with Gasteiger partial charge in [0.2, 0.25) is 0 Å². The van der Waals surface area contributed by atoms with Gasteiger partial charge in [-0.1, -0.05) is 0 Å². The number of carbonyl (C=O) groups is 3. The summed E-state index contributed by atoms with van der Waals surface area (Å²) in [6.07, 6.45) is 3.36. The van der Waals surface area contributed by atoms with Crippen LogP contribution in [0.2, 0.25) is 0 Å². The van der Waals surface area contributed by atoms with Crippen molar-refractivity contribution in [2.24, 2.45) is 0 Å². The van der Waals surface area contributed by atoms with Crippen molar-refractivity contribution in [3.8, 4) is 0 Å². The largest absolute Gasteiger partial charge is 0.460 e. The maximum atomic E-state index is 11.4. The Labute approximate surface area is 94.0 Å². The topological polar surface area (TPSA) is 60.4 Å². The minimum absolute atomic E-state index is 0.161. The first kappa shape index (κ1) is 12.4. The molecule has 4 nitrogen and oxygen atoms in total. The van der Waals surface area contributed by atoms with Crippen LogP contribution in [0.4, 0.5) is 0 Å². The summed E-state index contributed by atoms with van der Waals surface area (Å²) in [6.45, 7) is 5.23. The maximum absolute atomic E-state index is 11.4. The molecule has 0 aliphatic heterocycles. The number of allylic oxidation sites excluding steroid dienone is 3. The SMILES string of the molecule is CC(C)(C)OC(=O)CC1=CC(=O)C=CC1=O. The van der Waals surface area contributed by atoms with Crippen LogP contribution >= 0.6 is 0 Å². The molecule has 86 valence electrons. The predicted molar refractivity (Wildman–Crippen MR) is 57.7 cm³/mol. The standard InChI is InChI=1S/C12H14O4/c1-12(2,3)16-11(15)7-8-6-9(13)4-5-10(8)14/h4-6H,7H2,1-3H3. The third kappa shape index (κ3) is 3.81. The highest BCUT2D eigenvalue weighted by atomic mass is 16.6. The molecule has 0 aromatic carbocycles. The van der Waals surface area contributed by atoms with Gasteiger partial charge in [-0.3, -0.25) is 14.4 Å². The molecule has 1 rings (SSSR count). The zero-order valence-electron chi connectivity index (χ0n) is 9.57. The van der Waals surface area contributed by atoms with Crippen LogP contribution in [0, 0.1) is 0 Å². The molecule has 16 heavy (non-hydrogen) atoms. The fourth-order valence-electron chi connectivity index (χ4n) is 1.23. The van der Waals surface area contributed by atoms with E-state index in [1.807, 2.05) is 0 Å². The summed E-state index contributed by atoms with van der Waals surface area (Å²) in [5.74, 6) is -1.10. The summed E-state index contributed by atoms with van der Waals surface area (Å²) in [4.78, 5) is 33.8. The van der Waals surface area contributed by atoms with Crippen LogP contribution in [0.1, 0.15) is 27.2 Å². The number of ether oxygens (including phenoxy) is 1. The fraction of sp³-hybridized carbons (Fsp3) is 0.417. The van der Waals surface area contributed by atoms with E-state index in [4.69, 9.17) is 4.74 Å². The van der Waals surface area contributed by atoms with Crippen molar-refractivity contribution >= 4 is 17.5 Å². The van der Waals surface area contributed by atoms with Crippen LogP contribution in [-0.2, 0) is 19.1 Å². The van der Waals surface area contributed by atoms with Gasteiger partial charge < -0.3 is 4.74 Å². The molecule has 0 atom stereocenters. The number of ketones is 2. The summed E-state index contributed by atoms with van der Waals surface area (Å²) in [6, 6.07) is 0. The number of carbonyl (C=O) groups excluding carboxylic acids is 3. The first-order valence-electron chi connectivity index (χ1n) is 4.97. The van der Waals surface area contributed by atoms with Crippen LogP contribution in [0.5, 0.6) is 0 Å². The first-order chi connectivity index (χ1) is 7.28. The van der Waals surface area contributed by atoms with Gasteiger partial charge in [-0.2, -0.15) is 0 Å². The summed E-state index contributed by atoms with van der Waals surface area (Å²) in [7, 11) is 0. The van der Waals surface area contributed by atoms with Crippen LogP contribution in [0.15, 0.2) is 23.8 Å². The first-order valence-corrected chi connectivity index (χ1v) is 4.97. The van der Waals surface area contributed by atoms with Gasteiger partial charge in [0.15, 0.2) is 11.6 Å². The van der Waals surface area contributed by atoms with Crippen LogP contribution < -0.4 is 0 Å². The maximum Gasteiger partial charge on any atom is 0.310 e. The highest BCUT2D eigenvalue weighted by Crippen LogP contribution is 2.14. The summed E-state index contributed by atoms with van der Waals surface area (Å²) < 4.78 is 5.06. The van der Waals surface area contributed by atoms with Crippen molar-refractivity contribution in [3.05, 3.63) is 23.8 Å². The molecule has 0 fully saturated rings.